The van der Waals surface area contributed by atoms with Crippen molar-refractivity contribution in [2.45, 2.75) is 117 Å². The highest BCUT2D eigenvalue weighted by molar-refractivity contribution is 6.74. The minimum atomic E-state index is -1.73. The highest BCUT2D eigenvalue weighted by Gasteiger charge is 2.61. The number of hydrogen-bond donors (Lipinski definition) is 1. The zero-order valence-electron chi connectivity index (χ0n) is 22.2. The van der Waals surface area contributed by atoms with Gasteiger partial charge in [-0.3, -0.25) is 0 Å². The van der Waals surface area contributed by atoms with Gasteiger partial charge in [-0.15, -0.1) is 6.58 Å². The van der Waals surface area contributed by atoms with Gasteiger partial charge < -0.3 is 9.53 Å². The van der Waals surface area contributed by atoms with Crippen LogP contribution in [0.15, 0.2) is 24.3 Å². The first-order valence-electron chi connectivity index (χ1n) is 13.4. The van der Waals surface area contributed by atoms with Crippen LogP contribution < -0.4 is 0 Å². The van der Waals surface area contributed by atoms with Gasteiger partial charge in [0.15, 0.2) is 8.32 Å². The van der Waals surface area contributed by atoms with Crippen LogP contribution in [0, 0.1) is 40.4 Å². The molecule has 0 aromatic rings. The first-order valence-corrected chi connectivity index (χ1v) is 16.3. The molecule has 3 fully saturated rings. The van der Waals surface area contributed by atoms with Crippen molar-refractivity contribution < 1.29 is 9.53 Å². The molecule has 0 bridgehead atoms. The van der Waals surface area contributed by atoms with Gasteiger partial charge in [0, 0.05) is 6.10 Å². The second-order valence-corrected chi connectivity index (χ2v) is 18.7. The highest BCUT2D eigenvalue weighted by Crippen LogP contribution is 2.67. The largest absolute Gasteiger partial charge is 0.414 e. The lowest BCUT2D eigenvalue weighted by Crippen LogP contribution is -2.52. The molecule has 4 rings (SSSR count). The van der Waals surface area contributed by atoms with Crippen LogP contribution in [0.4, 0.5) is 0 Å². The number of allylic oxidation sites excluding steroid dienone is 2. The number of aliphatic hydroxyl groups excluding tert-OH is 1. The van der Waals surface area contributed by atoms with Crippen LogP contribution in [0.25, 0.3) is 0 Å². The molecular formula is C29H50O2Si. The normalized spacial score (nSPS) is 45.3. The van der Waals surface area contributed by atoms with Crippen molar-refractivity contribution in [2.24, 2.45) is 40.4 Å². The van der Waals surface area contributed by atoms with E-state index in [4.69, 9.17) is 4.43 Å². The first kappa shape index (κ1) is 24.7. The molecule has 0 radical (unpaired) electrons. The van der Waals surface area contributed by atoms with E-state index in [1.807, 2.05) is 0 Å². The van der Waals surface area contributed by atoms with Crippen molar-refractivity contribution in [1.29, 1.82) is 0 Å². The second-order valence-electron chi connectivity index (χ2n) is 14.0. The molecule has 1 unspecified atom stereocenters. The lowest BCUT2D eigenvalue weighted by Gasteiger charge is -2.58. The molecule has 0 aromatic carbocycles. The maximum absolute atomic E-state index is 11.1. The van der Waals surface area contributed by atoms with Crippen molar-refractivity contribution in [1.82, 2.24) is 0 Å². The van der Waals surface area contributed by atoms with Gasteiger partial charge in [0.2, 0.25) is 0 Å². The topological polar surface area (TPSA) is 29.5 Å². The van der Waals surface area contributed by atoms with Crippen LogP contribution in [0.2, 0.25) is 18.1 Å². The maximum Gasteiger partial charge on any atom is 0.192 e. The predicted molar refractivity (Wildman–Crippen MR) is 138 cm³/mol. The summed E-state index contributed by atoms with van der Waals surface area (Å²) in [7, 11) is -1.73. The quantitative estimate of drug-likeness (QED) is 0.345. The van der Waals surface area contributed by atoms with E-state index in [1.54, 1.807) is 5.57 Å². The van der Waals surface area contributed by atoms with Crippen LogP contribution in [0.3, 0.4) is 0 Å². The fourth-order valence-corrected chi connectivity index (χ4v) is 9.86. The minimum absolute atomic E-state index is 0.163. The Hall–Kier alpha value is -0.383. The molecular weight excluding hydrogens is 408 g/mol. The molecule has 4 aliphatic carbocycles. The zero-order chi connectivity index (χ0) is 23.7. The van der Waals surface area contributed by atoms with E-state index in [-0.39, 0.29) is 16.6 Å². The van der Waals surface area contributed by atoms with Crippen LogP contribution in [-0.2, 0) is 4.43 Å². The summed E-state index contributed by atoms with van der Waals surface area (Å²) >= 11 is 0. The molecule has 0 saturated heterocycles. The summed E-state index contributed by atoms with van der Waals surface area (Å²) in [6, 6.07) is 0. The summed E-state index contributed by atoms with van der Waals surface area (Å²) in [6.45, 7) is 23.3. The fraction of sp³-hybridized carbons (Fsp3) is 0.862. The summed E-state index contributed by atoms with van der Waals surface area (Å²) in [5.74, 6) is 2.93. The molecule has 1 N–H and O–H groups in total. The first-order chi connectivity index (χ1) is 14.7. The molecule has 3 saturated carbocycles. The summed E-state index contributed by atoms with van der Waals surface area (Å²) in [5.41, 5.74) is 2.30. The van der Waals surface area contributed by atoms with Gasteiger partial charge in [-0.2, -0.15) is 0 Å². The second kappa shape index (κ2) is 8.09. The van der Waals surface area contributed by atoms with Gasteiger partial charge in [0.25, 0.3) is 0 Å². The Labute approximate surface area is 199 Å². The predicted octanol–water partition coefficient (Wildman–Crippen LogP) is 7.75. The molecule has 2 nitrogen and oxygen atoms in total. The molecule has 0 amide bonds. The average molecular weight is 459 g/mol. The number of hydrogen-bond acceptors (Lipinski definition) is 2. The Morgan fingerprint density at radius 1 is 1.19 bits per heavy atom. The third kappa shape index (κ3) is 3.73. The van der Waals surface area contributed by atoms with Gasteiger partial charge in [-0.25, -0.2) is 0 Å². The van der Waals surface area contributed by atoms with E-state index >= 15 is 0 Å². The number of aliphatic hydroxyl groups is 1. The Balaban J connectivity index is 1.55. The molecule has 4 aliphatic rings. The fourth-order valence-electron chi connectivity index (χ4n) is 8.47. The Morgan fingerprint density at radius 3 is 2.50 bits per heavy atom. The summed E-state index contributed by atoms with van der Waals surface area (Å²) < 4.78 is 6.88. The standard InChI is InChI=1S/C29H50O2Si/c1-10-19(2)26-25(30)18-24-22-12-11-20-17-21(31-32(8,9)27(3,4)5)13-15-28(20,6)23(22)14-16-29(24,26)7/h10-11,19,21-26,30H,1,12-18H2,2-9H3/t19-,21+,22-,23+,24+,25+,26+,28?,29+/m1/s1. The van der Waals surface area contributed by atoms with Crippen molar-refractivity contribution in [3.05, 3.63) is 24.3 Å². The van der Waals surface area contributed by atoms with Crippen molar-refractivity contribution in [2.75, 3.05) is 0 Å². The summed E-state index contributed by atoms with van der Waals surface area (Å²) in [4.78, 5) is 0. The Morgan fingerprint density at radius 2 is 1.88 bits per heavy atom. The number of fused-ring (bicyclic) bond motifs is 5. The van der Waals surface area contributed by atoms with Gasteiger partial charge in [-0.1, -0.05) is 59.3 Å². The average Bonchev–Trinajstić information content (AvgIpc) is 2.96. The Bertz CT molecular complexity index is 764. The van der Waals surface area contributed by atoms with Crippen LogP contribution in [0.5, 0.6) is 0 Å². The third-order valence-corrected chi connectivity index (χ3v) is 15.9. The lowest BCUT2D eigenvalue weighted by molar-refractivity contribution is -0.0567. The van der Waals surface area contributed by atoms with Gasteiger partial charge in [0.1, 0.15) is 0 Å². The van der Waals surface area contributed by atoms with Crippen LogP contribution in [-0.4, -0.2) is 25.6 Å². The van der Waals surface area contributed by atoms with E-state index in [0.29, 0.717) is 29.3 Å². The molecule has 0 aliphatic heterocycles. The van der Waals surface area contributed by atoms with Gasteiger partial charge >= 0.3 is 0 Å². The number of rotatable bonds is 4. The van der Waals surface area contributed by atoms with E-state index in [1.165, 1.54) is 32.1 Å². The van der Waals surface area contributed by atoms with E-state index in [0.717, 1.165) is 24.7 Å². The van der Waals surface area contributed by atoms with Gasteiger partial charge in [-0.05, 0) is 103 Å². The van der Waals surface area contributed by atoms with Crippen molar-refractivity contribution in [3.63, 3.8) is 0 Å². The molecule has 182 valence electrons. The molecule has 0 aromatic heterocycles. The van der Waals surface area contributed by atoms with Crippen molar-refractivity contribution in [3.8, 4) is 0 Å². The molecule has 0 heterocycles. The third-order valence-electron chi connectivity index (χ3n) is 11.4. The Kier molecular flexibility index (Phi) is 6.25. The monoisotopic (exact) mass is 458 g/mol. The lowest BCUT2D eigenvalue weighted by atomic mass is 9.47. The summed E-state index contributed by atoms with van der Waals surface area (Å²) in [5, 5.41) is 11.4. The van der Waals surface area contributed by atoms with Crippen LogP contribution in [0.1, 0.15) is 86.5 Å². The minimum Gasteiger partial charge on any atom is -0.414 e. The van der Waals surface area contributed by atoms with Crippen LogP contribution >= 0.6 is 0 Å². The van der Waals surface area contributed by atoms with Gasteiger partial charge in [0.05, 0.1) is 6.10 Å². The molecule has 3 heteroatoms. The van der Waals surface area contributed by atoms with Crippen molar-refractivity contribution >= 4 is 8.32 Å². The zero-order valence-corrected chi connectivity index (χ0v) is 23.2. The van der Waals surface area contributed by atoms with E-state index in [9.17, 15) is 5.11 Å². The summed E-state index contributed by atoms with van der Waals surface area (Å²) in [6.07, 6.45) is 13.4. The molecule has 9 atom stereocenters. The van der Waals surface area contributed by atoms with E-state index in [2.05, 4.69) is 73.4 Å². The highest BCUT2D eigenvalue weighted by atomic mass is 28.4. The molecule has 0 spiro atoms. The van der Waals surface area contributed by atoms with E-state index < -0.39 is 8.32 Å². The smallest absolute Gasteiger partial charge is 0.192 e. The maximum atomic E-state index is 11.1. The SMILES string of the molecule is C=C[C@@H](C)[C@H]1[C@@H](O)C[C@H]2[C@@H]3CC=C4C[C@@H](O[Si](C)(C)C(C)(C)C)CCC4(C)[C@H]3CC[C@]12C. The molecule has 32 heavy (non-hydrogen) atoms.